The predicted molar refractivity (Wildman–Crippen MR) is 153 cm³/mol. The number of ether oxygens (including phenoxy) is 1. The van der Waals surface area contributed by atoms with Gasteiger partial charge in [-0.1, -0.05) is 41.4 Å². The van der Waals surface area contributed by atoms with E-state index in [4.69, 9.17) is 33.0 Å². The summed E-state index contributed by atoms with van der Waals surface area (Å²) in [6, 6.07) is 14.5. The maximum Gasteiger partial charge on any atom is 0.326 e. The highest BCUT2D eigenvalue weighted by molar-refractivity contribution is 6.35. The second kappa shape index (κ2) is 14.5. The number of hydrogen-bond acceptors (Lipinski definition) is 7. The molecule has 3 aromatic carbocycles. The first-order chi connectivity index (χ1) is 19.1. The average Bonchev–Trinajstić information content (AvgIpc) is 2.92. The number of nitrogens with zero attached hydrogens (tertiary/aromatic N) is 2. The molecule has 0 aliphatic rings. The topological polar surface area (TPSA) is 142 Å². The summed E-state index contributed by atoms with van der Waals surface area (Å²) in [5.41, 5.74) is 1.11. The summed E-state index contributed by atoms with van der Waals surface area (Å²) in [6.07, 6.45) is 1.21. The Morgan fingerprint density at radius 2 is 1.75 bits per heavy atom. The lowest BCUT2D eigenvalue weighted by Crippen LogP contribution is -2.42. The minimum Gasteiger partial charge on any atom is -0.489 e. The Morgan fingerprint density at radius 1 is 1.07 bits per heavy atom. The third-order valence-corrected chi connectivity index (χ3v) is 6.88. The molecular formula is C28H29Cl2N3O7. The molecule has 0 aliphatic carbocycles. The number of unbranched alkanes of at least 4 members (excludes halogenated alkanes) is 1. The van der Waals surface area contributed by atoms with E-state index in [0.717, 1.165) is 0 Å². The molecule has 3 aromatic rings. The number of carbonyl (C=O) groups is 2. The van der Waals surface area contributed by atoms with E-state index in [1.165, 1.54) is 18.2 Å². The fraction of sp³-hybridized carbons (Fsp3) is 0.286. The third-order valence-electron chi connectivity index (χ3n) is 6.18. The second-order valence-corrected chi connectivity index (χ2v) is 9.83. The molecule has 3 N–H and O–H groups in total. The van der Waals surface area contributed by atoms with Crippen LogP contribution in [0.25, 0.3) is 0 Å². The maximum absolute atomic E-state index is 13.1. The van der Waals surface area contributed by atoms with Gasteiger partial charge in [0.15, 0.2) is 0 Å². The second-order valence-electron chi connectivity index (χ2n) is 9.01. The molecule has 0 bridgehead atoms. The fourth-order valence-corrected chi connectivity index (χ4v) is 4.42. The maximum atomic E-state index is 13.1. The number of amides is 1. The Hall–Kier alpha value is -3.86. The Bertz CT molecular complexity index is 1330. The summed E-state index contributed by atoms with van der Waals surface area (Å²) >= 11 is 12.3. The SMILES string of the molecule is CN(CCCCO)c1ccc([N+](=O)[O-])c(C(=O)NC(Cc2ccc(OCc3c(Cl)cccc3Cl)cc2)C(=O)O)c1. The number of carboxylic acids is 1. The summed E-state index contributed by atoms with van der Waals surface area (Å²) in [7, 11) is 1.76. The molecule has 0 spiro atoms. The van der Waals surface area contributed by atoms with Gasteiger partial charge in [-0.25, -0.2) is 4.79 Å². The molecule has 10 nitrogen and oxygen atoms in total. The zero-order chi connectivity index (χ0) is 29.2. The van der Waals surface area contributed by atoms with Gasteiger partial charge in [0.2, 0.25) is 0 Å². The van der Waals surface area contributed by atoms with Crippen LogP contribution in [0.4, 0.5) is 11.4 Å². The Labute approximate surface area is 241 Å². The van der Waals surface area contributed by atoms with Crippen LogP contribution in [-0.4, -0.2) is 53.3 Å². The number of nitro benzene ring substituents is 1. The van der Waals surface area contributed by atoms with Crippen LogP contribution in [0.1, 0.15) is 34.3 Å². The lowest BCUT2D eigenvalue weighted by Gasteiger charge is -2.20. The highest BCUT2D eigenvalue weighted by Gasteiger charge is 2.27. The molecule has 1 unspecified atom stereocenters. The van der Waals surface area contributed by atoms with Crippen molar-refractivity contribution in [3.05, 3.63) is 97.5 Å². The molecule has 0 saturated carbocycles. The summed E-state index contributed by atoms with van der Waals surface area (Å²) in [5.74, 6) is -1.66. The number of nitrogens with one attached hydrogen (secondary N) is 1. The van der Waals surface area contributed by atoms with Crippen molar-refractivity contribution in [2.75, 3.05) is 25.1 Å². The van der Waals surface area contributed by atoms with E-state index < -0.39 is 28.5 Å². The van der Waals surface area contributed by atoms with E-state index in [1.54, 1.807) is 54.4 Å². The van der Waals surface area contributed by atoms with Gasteiger partial charge in [0.05, 0.1) is 4.92 Å². The van der Waals surface area contributed by atoms with Crippen molar-refractivity contribution in [2.45, 2.75) is 31.9 Å². The highest BCUT2D eigenvalue weighted by Crippen LogP contribution is 2.27. The van der Waals surface area contributed by atoms with Gasteiger partial charge in [-0.2, -0.15) is 0 Å². The van der Waals surface area contributed by atoms with Crippen molar-refractivity contribution in [1.82, 2.24) is 5.32 Å². The van der Waals surface area contributed by atoms with Crippen LogP contribution in [0.15, 0.2) is 60.7 Å². The average molecular weight is 590 g/mol. The quantitative estimate of drug-likeness (QED) is 0.134. The summed E-state index contributed by atoms with van der Waals surface area (Å²) in [6.45, 7) is 0.744. The van der Waals surface area contributed by atoms with Crippen molar-refractivity contribution in [1.29, 1.82) is 0 Å². The van der Waals surface area contributed by atoms with Crippen LogP contribution in [0.5, 0.6) is 5.75 Å². The van der Waals surface area contributed by atoms with E-state index in [9.17, 15) is 24.8 Å². The number of carbonyl (C=O) groups excluding carboxylic acids is 1. The summed E-state index contributed by atoms with van der Waals surface area (Å²) in [4.78, 5) is 37.7. The van der Waals surface area contributed by atoms with Crippen molar-refractivity contribution >= 4 is 46.5 Å². The lowest BCUT2D eigenvalue weighted by molar-refractivity contribution is -0.385. The molecule has 0 aromatic heterocycles. The van der Waals surface area contributed by atoms with Crippen molar-refractivity contribution in [3.8, 4) is 5.75 Å². The molecule has 0 radical (unpaired) electrons. The standard InChI is InChI=1S/C28H29Cl2N3O7/c1-32(13-2-3-14-34)19-9-12-26(33(38)39)21(16-19)27(35)31-25(28(36)37)15-18-7-10-20(11-8-18)40-17-22-23(29)5-4-6-24(22)30/h4-12,16,25,34H,2-3,13-15,17H2,1H3,(H,31,35)(H,36,37). The lowest BCUT2D eigenvalue weighted by atomic mass is 10.0. The highest BCUT2D eigenvalue weighted by atomic mass is 35.5. The minimum absolute atomic E-state index is 0.0471. The number of aliphatic carboxylic acids is 1. The van der Waals surface area contributed by atoms with Crippen LogP contribution < -0.4 is 15.0 Å². The summed E-state index contributed by atoms with van der Waals surface area (Å²) < 4.78 is 5.75. The van der Waals surface area contributed by atoms with E-state index >= 15 is 0 Å². The van der Waals surface area contributed by atoms with Gasteiger partial charge in [0.1, 0.15) is 24.0 Å². The fourth-order valence-electron chi connectivity index (χ4n) is 3.91. The molecule has 0 fully saturated rings. The van der Waals surface area contributed by atoms with Crippen molar-refractivity contribution in [3.63, 3.8) is 0 Å². The number of aliphatic hydroxyl groups is 1. The number of nitro groups is 1. The van der Waals surface area contributed by atoms with Gasteiger partial charge in [0, 0.05) is 54.0 Å². The first kappa shape index (κ1) is 30.7. The van der Waals surface area contributed by atoms with Gasteiger partial charge in [-0.3, -0.25) is 14.9 Å². The van der Waals surface area contributed by atoms with Gasteiger partial charge in [0.25, 0.3) is 11.6 Å². The number of halogens is 2. The molecule has 12 heteroatoms. The first-order valence-electron chi connectivity index (χ1n) is 12.4. The van der Waals surface area contributed by atoms with Crippen molar-refractivity contribution in [2.24, 2.45) is 0 Å². The Balaban J connectivity index is 1.70. The van der Waals surface area contributed by atoms with E-state index in [-0.39, 0.29) is 25.2 Å². The molecule has 40 heavy (non-hydrogen) atoms. The number of rotatable bonds is 14. The zero-order valence-corrected chi connectivity index (χ0v) is 23.2. The van der Waals surface area contributed by atoms with Crippen molar-refractivity contribution < 1.29 is 29.5 Å². The largest absolute Gasteiger partial charge is 0.489 e. The van der Waals surface area contributed by atoms with Crippen LogP contribution in [0, 0.1) is 10.1 Å². The Kier molecular flexibility index (Phi) is 11.1. The number of carboxylic acid groups (broad SMARTS) is 1. The number of anilines is 1. The van der Waals surface area contributed by atoms with Crippen LogP contribution in [0.2, 0.25) is 10.0 Å². The van der Waals surface area contributed by atoms with E-state index in [0.29, 0.717) is 52.0 Å². The van der Waals surface area contributed by atoms with E-state index in [1.807, 2.05) is 0 Å². The number of hydrogen-bond donors (Lipinski definition) is 3. The first-order valence-corrected chi connectivity index (χ1v) is 13.1. The molecule has 0 heterocycles. The molecule has 1 amide bonds. The molecule has 0 saturated heterocycles. The number of benzene rings is 3. The molecular weight excluding hydrogens is 561 g/mol. The van der Waals surface area contributed by atoms with Crippen LogP contribution >= 0.6 is 23.2 Å². The van der Waals surface area contributed by atoms with Gasteiger partial charge < -0.3 is 25.2 Å². The molecule has 212 valence electrons. The van der Waals surface area contributed by atoms with Gasteiger partial charge in [-0.15, -0.1) is 0 Å². The van der Waals surface area contributed by atoms with Crippen LogP contribution in [-0.2, 0) is 17.8 Å². The zero-order valence-electron chi connectivity index (χ0n) is 21.7. The molecule has 0 aliphatic heterocycles. The predicted octanol–water partition coefficient (Wildman–Crippen LogP) is 5.12. The van der Waals surface area contributed by atoms with Gasteiger partial charge >= 0.3 is 5.97 Å². The number of aliphatic hydroxyl groups excluding tert-OH is 1. The minimum atomic E-state index is -1.34. The van der Waals surface area contributed by atoms with Gasteiger partial charge in [-0.05, 0) is 54.8 Å². The Morgan fingerprint density at radius 3 is 2.35 bits per heavy atom. The smallest absolute Gasteiger partial charge is 0.326 e. The normalized spacial score (nSPS) is 11.5. The molecule has 3 rings (SSSR count). The molecule has 1 atom stereocenters. The van der Waals surface area contributed by atoms with Crippen LogP contribution in [0.3, 0.4) is 0 Å². The monoisotopic (exact) mass is 589 g/mol. The summed E-state index contributed by atoms with van der Waals surface area (Å²) in [5, 5.41) is 33.7. The third kappa shape index (κ3) is 8.32. The van der Waals surface area contributed by atoms with E-state index in [2.05, 4.69) is 5.32 Å².